The Hall–Kier alpha value is -8.71. The smallest absolute Gasteiger partial charge is 0.302 e. The second-order valence-electron chi connectivity index (χ2n) is 31.0. The summed E-state index contributed by atoms with van der Waals surface area (Å²) in [6.07, 6.45) is 35.0. The van der Waals surface area contributed by atoms with Crippen LogP contribution in [-0.4, -0.2) is 85.5 Å². The highest BCUT2D eigenvalue weighted by molar-refractivity contribution is 6.01. The number of nitrogens with one attached hydrogen (secondary N) is 2. The standard InChI is InChI=1S/C84H92N4O11/c1-50(90)98-63-24-28-84-58-12-6-13-59(84)15-8-18-70(84)68-46-85-45-67(68)65(17-7-14-58)78(55-11-5-16-60(91)36-55)56-25-31-86-77(39-56)87(32-26-74(94)54-9-3-4-10-54)71-22-21-66-79-69(71)47-88-72(42-62(93)40-63)57-37-75(95)80(76(38-57)97-2)99-64-35-51(34-61(92)41-64)19-20-53(48-89)33-52-23-27-82(43-52)29-30-83(49-82,81(66)96)44-73(79)88/h5-6,8,11-13,16,18,21-22,25,34-39,41,45-47,52-54,59,63,65,70,72,78,81,85-86,89,91-92,95-96H,3-4,9-10,14-15,19-20,23-24,26-33,40,42-44,48-49H2,1-2H3/t52-,53-,59+,63+,65-,70+,72+,78+,81-,82+,83+,84+/m0/s1. The molecule has 0 saturated heterocycles. The molecule has 12 atom stereocenters. The molecule has 0 radical (unpaired) electrons. The zero-order chi connectivity index (χ0) is 67.9. The van der Waals surface area contributed by atoms with Crippen molar-refractivity contribution in [2.45, 2.75) is 178 Å². The average molecular weight is 1330 g/mol. The Labute approximate surface area is 579 Å². The van der Waals surface area contributed by atoms with Gasteiger partial charge in [-0.25, -0.2) is 0 Å². The minimum Gasteiger partial charge on any atom is -0.508 e. The van der Waals surface area contributed by atoms with E-state index in [9.17, 15) is 35.1 Å². The first kappa shape index (κ1) is 64.9. The Kier molecular flexibility index (Phi) is 17.1. The van der Waals surface area contributed by atoms with E-state index >= 15 is 4.79 Å². The van der Waals surface area contributed by atoms with Crippen LogP contribution in [-0.2, 0) is 32.0 Å². The zero-order valence-electron chi connectivity index (χ0n) is 56.9. The second kappa shape index (κ2) is 26.1. The summed E-state index contributed by atoms with van der Waals surface area (Å²) in [4.78, 5) is 50.1. The van der Waals surface area contributed by atoms with Gasteiger partial charge in [-0.1, -0.05) is 84.9 Å². The maximum Gasteiger partial charge on any atom is 0.302 e. The van der Waals surface area contributed by atoms with Gasteiger partial charge in [0.1, 0.15) is 40.7 Å². The van der Waals surface area contributed by atoms with Gasteiger partial charge in [0, 0.05) is 122 Å². The summed E-state index contributed by atoms with van der Waals surface area (Å²) in [6, 6.07) is 19.6. The summed E-state index contributed by atoms with van der Waals surface area (Å²) in [5.74, 6) is 7.97. The first-order chi connectivity index (χ1) is 48.1. The first-order valence-corrected chi connectivity index (χ1v) is 36.6. The Bertz CT molecular complexity index is 4430. The summed E-state index contributed by atoms with van der Waals surface area (Å²) >= 11 is 0. The molecule has 14 bridgehead atoms. The van der Waals surface area contributed by atoms with Crippen molar-refractivity contribution in [2.75, 3.05) is 31.7 Å². The first-order valence-electron chi connectivity index (χ1n) is 36.6. The molecule has 2 aromatic heterocycles. The number of aromatic nitrogens is 2. The van der Waals surface area contributed by atoms with E-state index in [1.54, 1.807) is 18.2 Å². The van der Waals surface area contributed by atoms with Crippen LogP contribution in [0, 0.1) is 51.8 Å². The molecule has 3 saturated carbocycles. The normalized spacial score (nSPS) is 30.1. The van der Waals surface area contributed by atoms with Crippen molar-refractivity contribution >= 4 is 34.0 Å². The number of nitrogens with zero attached hydrogens (tertiary/aromatic N) is 2. The summed E-state index contributed by atoms with van der Waals surface area (Å²) in [5, 5.41) is 65.4. The molecule has 15 nitrogen and oxygen atoms in total. The van der Waals surface area contributed by atoms with Crippen LogP contribution in [0.2, 0.25) is 0 Å². The highest BCUT2D eigenvalue weighted by Gasteiger charge is 2.57. The number of ether oxygens (including phenoxy) is 3. The van der Waals surface area contributed by atoms with Crippen LogP contribution in [0.5, 0.6) is 34.5 Å². The van der Waals surface area contributed by atoms with Gasteiger partial charge in [-0.15, -0.1) is 0 Å². The zero-order valence-corrected chi connectivity index (χ0v) is 56.9. The molecular formula is C84H92N4O11. The van der Waals surface area contributed by atoms with E-state index in [0.29, 0.717) is 68.8 Å². The van der Waals surface area contributed by atoms with Crippen molar-refractivity contribution < 1.29 is 54.1 Å². The van der Waals surface area contributed by atoms with Gasteiger partial charge in [0.25, 0.3) is 0 Å². The van der Waals surface area contributed by atoms with E-state index in [1.165, 1.54) is 25.7 Å². The third-order valence-corrected chi connectivity index (χ3v) is 25.2. The number of methoxy groups -OCH3 is 1. The number of carbonyl (C=O) groups excluding carboxylic acids is 3. The topological polar surface area (TPSA) is 216 Å². The number of rotatable bonds is 8. The SMILES string of the molecule is COc1cc2cc(O)c1Oc1cc(O)cc(c1)CC[C@H](CO)C[C@@H]1CC[C@@]3(CC[C@@]4(Cc5c6c(ccc7c6cn5[C@@H]2CC(=O)C[C@H](OC(C)=O)CC[C@@]25C6=CC=C[C@@H]2CC=C[C@@H]5c2c[nH]cc2[C@H](C#CC6)[C@H](c2cccc(O)c2)C2=CCNC(=C2)N7CCC(=O)C2CCCC2)[C@@H]4O)C3)C1. The molecule has 99 heavy (non-hydrogen) atoms. The Morgan fingerprint density at radius 3 is 2.60 bits per heavy atom. The number of phenolic OH excluding ortho intramolecular Hbond substituents is 3. The van der Waals surface area contributed by atoms with E-state index in [-0.39, 0.29) is 95.3 Å². The van der Waals surface area contributed by atoms with Crippen LogP contribution in [0.25, 0.3) is 10.8 Å². The number of ketones is 2. The monoisotopic (exact) mass is 1330 g/mol. The van der Waals surface area contributed by atoms with Crippen LogP contribution >= 0.6 is 0 Å². The van der Waals surface area contributed by atoms with E-state index in [2.05, 4.69) is 111 Å². The van der Waals surface area contributed by atoms with E-state index in [4.69, 9.17) is 14.2 Å². The molecule has 15 heteroatoms. The highest BCUT2D eigenvalue weighted by Crippen LogP contribution is 2.67. The number of esters is 1. The van der Waals surface area contributed by atoms with Crippen LogP contribution in [0.15, 0.2) is 145 Å². The van der Waals surface area contributed by atoms with Gasteiger partial charge >= 0.3 is 5.97 Å². The molecule has 4 aliphatic heterocycles. The third kappa shape index (κ3) is 11.8. The maximum absolute atomic E-state index is 16.0. The van der Waals surface area contributed by atoms with E-state index < -0.39 is 46.9 Å². The van der Waals surface area contributed by atoms with Gasteiger partial charge in [-0.3, -0.25) is 14.4 Å². The number of aromatic hydroxyl groups is 3. The van der Waals surface area contributed by atoms with E-state index in [0.717, 1.165) is 138 Å². The highest BCUT2D eigenvalue weighted by atomic mass is 16.5. The fourth-order valence-electron chi connectivity index (χ4n) is 20.8. The predicted octanol–water partition coefficient (Wildman–Crippen LogP) is 15.5. The Balaban J connectivity index is 0.930. The van der Waals surface area contributed by atoms with Crippen molar-refractivity contribution in [3.05, 3.63) is 184 Å². The third-order valence-electron chi connectivity index (χ3n) is 25.2. The number of aliphatic hydroxyl groups excluding tert-OH is 2. The van der Waals surface area contributed by atoms with Crippen LogP contribution in [0.1, 0.15) is 198 Å². The lowest BCUT2D eigenvalue weighted by Gasteiger charge is -2.50. The van der Waals surface area contributed by atoms with Crippen molar-refractivity contribution in [3.63, 3.8) is 0 Å². The molecule has 7 N–H and O–H groups in total. The second-order valence-corrected chi connectivity index (χ2v) is 31.0. The summed E-state index contributed by atoms with van der Waals surface area (Å²) in [5.41, 5.74) is 8.08. The van der Waals surface area contributed by atoms with Gasteiger partial charge in [-0.2, -0.15) is 0 Å². The van der Waals surface area contributed by atoms with Crippen molar-refractivity contribution in [2.24, 2.45) is 39.9 Å². The minimum atomic E-state index is -0.841. The number of hydrogen-bond acceptors (Lipinski definition) is 13. The predicted molar refractivity (Wildman–Crippen MR) is 380 cm³/mol. The number of hydrogen-bond donors (Lipinski definition) is 7. The largest absolute Gasteiger partial charge is 0.508 e. The average Bonchev–Trinajstić information content (AvgIpc) is 1.59. The van der Waals surface area contributed by atoms with E-state index in [1.807, 2.05) is 24.3 Å². The number of aromatic amines is 1. The molecule has 514 valence electrons. The lowest BCUT2D eigenvalue weighted by atomic mass is 9.53. The fourth-order valence-corrected chi connectivity index (χ4v) is 20.8. The molecule has 0 unspecified atom stereocenters. The number of aliphatic hydroxyl groups is 2. The summed E-state index contributed by atoms with van der Waals surface area (Å²) < 4.78 is 21.4. The number of aryl methyl sites for hydroxylation is 1. The molecule has 11 aliphatic rings. The Morgan fingerprint density at radius 2 is 1.76 bits per heavy atom. The molecule has 4 aromatic carbocycles. The number of fused-ring (bicyclic) bond motifs is 6. The molecule has 0 amide bonds. The van der Waals surface area contributed by atoms with Gasteiger partial charge in [0.05, 0.1) is 30.9 Å². The van der Waals surface area contributed by atoms with Crippen molar-refractivity contribution in [3.8, 4) is 46.3 Å². The van der Waals surface area contributed by atoms with Crippen molar-refractivity contribution in [1.29, 1.82) is 0 Å². The number of allylic oxidation sites excluding steroid dienone is 8. The number of Topliss-reactive ketones (excluding diaryl/α,β-unsaturated/α-hetero) is 2. The number of H-pyrrole nitrogens is 1. The molecule has 6 aromatic rings. The number of benzene rings is 4. The lowest BCUT2D eigenvalue weighted by molar-refractivity contribution is -0.148. The summed E-state index contributed by atoms with van der Waals surface area (Å²) in [6.45, 7) is 2.24. The molecular weight excluding hydrogens is 1240 g/mol. The maximum atomic E-state index is 16.0. The number of carbonyl (C=O) groups is 3. The molecule has 3 fully saturated rings. The van der Waals surface area contributed by atoms with Gasteiger partial charge in [-0.05, 0) is 207 Å². The minimum absolute atomic E-state index is 0.000186. The molecule has 17 rings (SSSR count). The molecule has 3 spiro atoms. The Morgan fingerprint density at radius 1 is 0.889 bits per heavy atom. The lowest BCUT2D eigenvalue weighted by Crippen LogP contribution is -2.41. The fraction of sp³-hybridized carbons (Fsp3) is 0.464. The van der Waals surface area contributed by atoms with Crippen LogP contribution < -0.4 is 19.7 Å². The van der Waals surface area contributed by atoms with Crippen molar-refractivity contribution in [1.82, 2.24) is 14.9 Å². The van der Waals surface area contributed by atoms with Gasteiger partial charge in [0.15, 0.2) is 11.5 Å². The number of anilines is 1. The van der Waals surface area contributed by atoms with Gasteiger partial charge < -0.3 is 59.5 Å². The molecule has 6 heterocycles. The summed E-state index contributed by atoms with van der Waals surface area (Å²) in [7, 11) is 1.51. The van der Waals surface area contributed by atoms with Crippen LogP contribution in [0.4, 0.5) is 5.69 Å². The van der Waals surface area contributed by atoms with Crippen LogP contribution in [0.3, 0.4) is 0 Å². The van der Waals surface area contributed by atoms with Gasteiger partial charge in [0.2, 0.25) is 5.75 Å². The molecule has 7 aliphatic carbocycles. The number of phenols is 3. The quantitative estimate of drug-likeness (QED) is 0.0429. The number of dihydropyridines is 1.